The molecule has 6 nitrogen and oxygen atoms in total. The van der Waals surface area contributed by atoms with E-state index in [2.05, 4.69) is 14.8 Å². The van der Waals surface area contributed by atoms with E-state index < -0.39 is 50.5 Å². The van der Waals surface area contributed by atoms with Crippen LogP contribution in [0.4, 0.5) is 22.0 Å². The third-order valence-corrected chi connectivity index (χ3v) is 4.63. The summed E-state index contributed by atoms with van der Waals surface area (Å²) in [5.41, 5.74) is -2.10. The molecule has 2 aromatic heterocycles. The van der Waals surface area contributed by atoms with Gasteiger partial charge in [0.1, 0.15) is 0 Å². The van der Waals surface area contributed by atoms with Crippen LogP contribution >= 0.6 is 0 Å². The maximum Gasteiger partial charge on any atom is 0.435 e. The third kappa shape index (κ3) is 4.24. The van der Waals surface area contributed by atoms with Gasteiger partial charge in [0.05, 0.1) is 11.3 Å². The quantitative estimate of drug-likeness (QED) is 0.740. The highest BCUT2D eigenvalue weighted by Crippen LogP contribution is 2.37. The number of halogens is 5. The number of hydrogen-bond donors (Lipinski definition) is 0. The fraction of sp³-hybridized carbons (Fsp3) is 0.385. The summed E-state index contributed by atoms with van der Waals surface area (Å²) in [6, 6.07) is 2.65. The highest BCUT2D eigenvalue weighted by molar-refractivity contribution is 7.90. The van der Waals surface area contributed by atoms with Gasteiger partial charge >= 0.3 is 12.8 Å². The van der Waals surface area contributed by atoms with Crippen molar-refractivity contribution < 1.29 is 35.1 Å². The van der Waals surface area contributed by atoms with Crippen LogP contribution in [-0.2, 0) is 28.8 Å². The second-order valence-corrected chi connectivity index (χ2v) is 7.00. The molecule has 0 radical (unpaired) electrons. The molecule has 0 N–H and O–H groups in total. The molecule has 2 aromatic rings. The molecule has 0 aliphatic rings. The van der Waals surface area contributed by atoms with Crippen molar-refractivity contribution in [2.75, 3.05) is 0 Å². The molecule has 2 heterocycles. The summed E-state index contributed by atoms with van der Waals surface area (Å²) >= 11 is 0. The Labute approximate surface area is 139 Å². The van der Waals surface area contributed by atoms with Crippen molar-refractivity contribution in [3.8, 4) is 5.88 Å². The number of nitrogens with zero attached hydrogens (tertiary/aromatic N) is 3. The van der Waals surface area contributed by atoms with Gasteiger partial charge in [-0.15, -0.1) is 0 Å². The van der Waals surface area contributed by atoms with Gasteiger partial charge in [-0.3, -0.25) is 0 Å². The van der Waals surface area contributed by atoms with Crippen LogP contribution in [0, 0.1) is 6.92 Å². The number of pyridine rings is 1. The molecule has 0 amide bonds. The first-order valence-electron chi connectivity index (χ1n) is 6.65. The van der Waals surface area contributed by atoms with Crippen LogP contribution in [0.2, 0.25) is 0 Å². The van der Waals surface area contributed by atoms with E-state index in [-0.39, 0.29) is 0 Å². The average Bonchev–Trinajstić information content (AvgIpc) is 2.75. The Morgan fingerprint density at radius 2 is 1.96 bits per heavy atom. The van der Waals surface area contributed by atoms with Crippen molar-refractivity contribution in [1.29, 1.82) is 0 Å². The fourth-order valence-electron chi connectivity index (χ4n) is 2.08. The van der Waals surface area contributed by atoms with E-state index >= 15 is 0 Å². The minimum atomic E-state index is -5.05. The Morgan fingerprint density at radius 1 is 1.32 bits per heavy atom. The number of rotatable bonds is 5. The molecule has 0 saturated carbocycles. The van der Waals surface area contributed by atoms with Crippen LogP contribution in [-0.4, -0.2) is 29.8 Å². The monoisotopic (exact) mass is 385 g/mol. The first-order valence-corrected chi connectivity index (χ1v) is 8.30. The summed E-state index contributed by atoms with van der Waals surface area (Å²) in [4.78, 5) is 3.61. The molecule has 0 fully saturated rings. The topological polar surface area (TPSA) is 74.1 Å². The zero-order chi connectivity index (χ0) is 19.0. The van der Waals surface area contributed by atoms with Gasteiger partial charge in [-0.25, -0.2) is 18.1 Å². The highest BCUT2D eigenvalue weighted by atomic mass is 32.2. The largest absolute Gasteiger partial charge is 0.435 e. The van der Waals surface area contributed by atoms with Gasteiger partial charge < -0.3 is 4.74 Å². The van der Waals surface area contributed by atoms with Crippen LogP contribution in [0.3, 0.4) is 0 Å². The molecule has 12 heteroatoms. The Hall–Kier alpha value is -2.24. The van der Waals surface area contributed by atoms with Crippen molar-refractivity contribution >= 4 is 9.84 Å². The molecule has 0 bridgehead atoms. The molecule has 138 valence electrons. The van der Waals surface area contributed by atoms with Gasteiger partial charge in [-0.2, -0.15) is 27.1 Å². The lowest BCUT2D eigenvalue weighted by Crippen LogP contribution is -2.15. The molecule has 2 rings (SSSR count). The first-order chi connectivity index (χ1) is 11.4. The lowest BCUT2D eigenvalue weighted by atomic mass is 10.2. The molecule has 0 spiro atoms. The minimum absolute atomic E-state index is 0.420. The van der Waals surface area contributed by atoms with Gasteiger partial charge in [0.15, 0.2) is 20.6 Å². The van der Waals surface area contributed by atoms with Crippen LogP contribution in [0.15, 0.2) is 23.4 Å². The molecule has 0 aliphatic heterocycles. The van der Waals surface area contributed by atoms with E-state index in [4.69, 9.17) is 0 Å². The van der Waals surface area contributed by atoms with E-state index in [0.717, 1.165) is 13.1 Å². The van der Waals surface area contributed by atoms with Crippen molar-refractivity contribution in [1.82, 2.24) is 14.8 Å². The normalized spacial score (nSPS) is 12.6. The Bertz CT molecular complexity index is 878. The Balaban J connectivity index is 2.57. The summed E-state index contributed by atoms with van der Waals surface area (Å²) in [6.07, 6.45) is -3.88. The SMILES string of the molecule is Cc1ccnc(S(=O)(=O)Cc2c(C(F)(F)F)nn(C)c2OC(F)F)c1. The number of ether oxygens (including phenoxy) is 1. The van der Waals surface area contributed by atoms with Crippen LogP contribution in [0.1, 0.15) is 16.8 Å². The molecule has 0 unspecified atom stereocenters. The van der Waals surface area contributed by atoms with Crippen LogP contribution in [0.5, 0.6) is 5.88 Å². The zero-order valence-electron chi connectivity index (χ0n) is 12.9. The minimum Gasteiger partial charge on any atom is -0.417 e. The summed E-state index contributed by atoms with van der Waals surface area (Å²) < 4.78 is 93.5. The molecular formula is C13H12F5N3O3S. The highest BCUT2D eigenvalue weighted by Gasteiger charge is 2.41. The lowest BCUT2D eigenvalue weighted by Gasteiger charge is -2.10. The smallest absolute Gasteiger partial charge is 0.417 e. The van der Waals surface area contributed by atoms with Crippen molar-refractivity contribution in [3.63, 3.8) is 0 Å². The van der Waals surface area contributed by atoms with Gasteiger partial charge in [-0.05, 0) is 24.6 Å². The summed E-state index contributed by atoms with van der Waals surface area (Å²) in [7, 11) is -3.41. The second-order valence-electron chi connectivity index (χ2n) is 5.06. The Kier molecular flexibility index (Phi) is 5.02. The molecule has 0 atom stereocenters. The molecule has 0 aliphatic carbocycles. The van der Waals surface area contributed by atoms with Crippen LogP contribution < -0.4 is 4.74 Å². The van der Waals surface area contributed by atoms with Crippen molar-refractivity contribution in [2.24, 2.45) is 7.05 Å². The van der Waals surface area contributed by atoms with E-state index in [1.54, 1.807) is 6.92 Å². The number of sulfone groups is 1. The standard InChI is InChI=1S/C13H12F5N3O3S/c1-7-3-4-19-9(5-7)25(22,23)6-8-10(13(16,17)18)20-21(2)11(8)24-12(14)15/h3-5,12H,6H2,1-2H3. The zero-order valence-corrected chi connectivity index (χ0v) is 13.7. The molecule has 0 aromatic carbocycles. The third-order valence-electron chi connectivity index (χ3n) is 3.10. The molecular weight excluding hydrogens is 373 g/mol. The van der Waals surface area contributed by atoms with E-state index in [9.17, 15) is 30.4 Å². The molecule has 0 saturated heterocycles. The number of hydrogen-bond acceptors (Lipinski definition) is 5. The van der Waals surface area contributed by atoms with Crippen molar-refractivity contribution in [3.05, 3.63) is 35.2 Å². The van der Waals surface area contributed by atoms with E-state index in [1.165, 1.54) is 12.3 Å². The van der Waals surface area contributed by atoms with Gasteiger partial charge in [0.2, 0.25) is 5.88 Å². The number of alkyl halides is 5. The predicted molar refractivity (Wildman–Crippen MR) is 74.7 cm³/mol. The first kappa shape index (κ1) is 19.1. The summed E-state index contributed by atoms with van der Waals surface area (Å²) in [6.45, 7) is -1.88. The van der Waals surface area contributed by atoms with Crippen molar-refractivity contribution in [2.45, 2.75) is 30.5 Å². The number of aromatic nitrogens is 3. The maximum absolute atomic E-state index is 13.1. The lowest BCUT2D eigenvalue weighted by molar-refractivity contribution is -0.142. The van der Waals surface area contributed by atoms with E-state index in [0.29, 0.717) is 10.2 Å². The van der Waals surface area contributed by atoms with Gasteiger partial charge in [0, 0.05) is 13.2 Å². The summed E-state index contributed by atoms with van der Waals surface area (Å²) in [5.74, 6) is -2.22. The summed E-state index contributed by atoms with van der Waals surface area (Å²) in [5, 5.41) is 2.60. The van der Waals surface area contributed by atoms with Crippen LogP contribution in [0.25, 0.3) is 0 Å². The second kappa shape index (κ2) is 6.58. The Morgan fingerprint density at radius 3 is 2.48 bits per heavy atom. The maximum atomic E-state index is 13.1. The van der Waals surface area contributed by atoms with Gasteiger partial charge in [0.25, 0.3) is 0 Å². The predicted octanol–water partition coefficient (Wildman–Crippen LogP) is 2.72. The van der Waals surface area contributed by atoms with E-state index in [1.807, 2.05) is 0 Å². The van der Waals surface area contributed by atoms with Gasteiger partial charge in [-0.1, -0.05) is 0 Å². The molecule has 25 heavy (non-hydrogen) atoms. The fourth-order valence-corrected chi connectivity index (χ4v) is 3.46. The average molecular weight is 385 g/mol. The number of aryl methyl sites for hydroxylation is 2.